The van der Waals surface area contributed by atoms with Gasteiger partial charge in [0.15, 0.2) is 0 Å². The van der Waals surface area contributed by atoms with Crippen molar-refractivity contribution in [1.29, 1.82) is 0 Å². The van der Waals surface area contributed by atoms with E-state index < -0.39 is 0 Å². The predicted octanol–water partition coefficient (Wildman–Crippen LogP) is 0.0927. The number of nitrogens with two attached hydrogens (primary N) is 1. The highest BCUT2D eigenvalue weighted by Gasteiger charge is 2.20. The topological polar surface area (TPSA) is 64.8 Å². The molecule has 0 saturated carbocycles. The van der Waals surface area contributed by atoms with E-state index in [0.717, 1.165) is 0 Å². The second kappa shape index (κ2) is 7.60. The van der Waals surface area contributed by atoms with Crippen molar-refractivity contribution in [2.45, 2.75) is 13.8 Å². The van der Waals surface area contributed by atoms with E-state index in [0.29, 0.717) is 26.3 Å². The van der Waals surface area contributed by atoms with E-state index in [2.05, 4.69) is 0 Å². The molecule has 5 nitrogen and oxygen atoms in total. The van der Waals surface area contributed by atoms with Gasteiger partial charge >= 0.3 is 0 Å². The van der Waals surface area contributed by atoms with Gasteiger partial charge < -0.3 is 20.1 Å². The summed E-state index contributed by atoms with van der Waals surface area (Å²) in [5, 5.41) is 0. The standard InChI is InChI=1S/C11H24N2O3/c1-11(2,8-12)9-13(3)10(14)7-16-6-5-15-4/h5-9,12H2,1-4H3. The number of ether oxygens (including phenoxy) is 2. The second-order valence-electron chi connectivity index (χ2n) is 4.66. The molecular weight excluding hydrogens is 208 g/mol. The number of amides is 1. The van der Waals surface area contributed by atoms with E-state index in [4.69, 9.17) is 15.2 Å². The van der Waals surface area contributed by atoms with Gasteiger partial charge in [0.1, 0.15) is 6.61 Å². The van der Waals surface area contributed by atoms with Crippen LogP contribution >= 0.6 is 0 Å². The van der Waals surface area contributed by atoms with Crippen molar-refractivity contribution in [3.63, 3.8) is 0 Å². The third kappa shape index (κ3) is 6.76. The maximum atomic E-state index is 11.6. The molecule has 0 fully saturated rings. The smallest absolute Gasteiger partial charge is 0.248 e. The summed E-state index contributed by atoms with van der Waals surface area (Å²) in [6, 6.07) is 0. The summed E-state index contributed by atoms with van der Waals surface area (Å²) in [5.74, 6) is -0.0300. The second-order valence-corrected chi connectivity index (χ2v) is 4.66. The molecule has 0 heterocycles. The summed E-state index contributed by atoms with van der Waals surface area (Å²) < 4.78 is 9.97. The Balaban J connectivity index is 3.82. The molecule has 0 atom stereocenters. The van der Waals surface area contributed by atoms with Crippen LogP contribution in [0.25, 0.3) is 0 Å². The fourth-order valence-corrected chi connectivity index (χ4v) is 1.21. The molecule has 0 rings (SSSR count). The third-order valence-corrected chi connectivity index (χ3v) is 2.30. The third-order valence-electron chi connectivity index (χ3n) is 2.30. The van der Waals surface area contributed by atoms with Gasteiger partial charge in [0.05, 0.1) is 13.2 Å². The summed E-state index contributed by atoms with van der Waals surface area (Å²) in [5.41, 5.74) is 5.55. The number of hydrogen-bond acceptors (Lipinski definition) is 4. The minimum absolute atomic E-state index is 0.0300. The van der Waals surface area contributed by atoms with Crippen LogP contribution in [0.5, 0.6) is 0 Å². The van der Waals surface area contributed by atoms with Crippen LogP contribution in [0.1, 0.15) is 13.8 Å². The van der Waals surface area contributed by atoms with Gasteiger partial charge in [0.25, 0.3) is 0 Å². The number of likely N-dealkylation sites (N-methyl/N-ethyl adjacent to an activating group) is 1. The summed E-state index contributed by atoms with van der Waals surface area (Å²) in [7, 11) is 3.36. The predicted molar refractivity (Wildman–Crippen MR) is 63.2 cm³/mol. The lowest BCUT2D eigenvalue weighted by atomic mass is 9.93. The Hall–Kier alpha value is -0.650. The zero-order chi connectivity index (χ0) is 12.6. The highest BCUT2D eigenvalue weighted by Crippen LogP contribution is 2.13. The molecule has 0 aromatic heterocycles. The number of rotatable bonds is 8. The highest BCUT2D eigenvalue weighted by atomic mass is 16.5. The maximum Gasteiger partial charge on any atom is 0.248 e. The van der Waals surface area contributed by atoms with Crippen LogP contribution in [0, 0.1) is 5.41 Å². The Morgan fingerprint density at radius 1 is 1.38 bits per heavy atom. The number of carbonyl (C=O) groups is 1. The molecule has 0 aromatic carbocycles. The van der Waals surface area contributed by atoms with Gasteiger partial charge in [-0.1, -0.05) is 13.8 Å². The molecule has 96 valence electrons. The van der Waals surface area contributed by atoms with Gasteiger partial charge in [0.2, 0.25) is 5.91 Å². The van der Waals surface area contributed by atoms with Gasteiger partial charge in [-0.3, -0.25) is 4.79 Å². The van der Waals surface area contributed by atoms with Crippen LogP contribution < -0.4 is 5.73 Å². The fourth-order valence-electron chi connectivity index (χ4n) is 1.21. The Morgan fingerprint density at radius 2 is 2.00 bits per heavy atom. The van der Waals surface area contributed by atoms with E-state index >= 15 is 0 Å². The van der Waals surface area contributed by atoms with Crippen LogP contribution in [-0.2, 0) is 14.3 Å². The first kappa shape index (κ1) is 15.3. The SMILES string of the molecule is COCCOCC(=O)N(C)CC(C)(C)CN. The minimum atomic E-state index is -0.0586. The first-order chi connectivity index (χ1) is 7.43. The lowest BCUT2D eigenvalue weighted by Gasteiger charge is -2.28. The van der Waals surface area contributed by atoms with Crippen LogP contribution in [-0.4, -0.2) is 57.9 Å². The van der Waals surface area contributed by atoms with E-state index in [1.807, 2.05) is 13.8 Å². The first-order valence-electron chi connectivity index (χ1n) is 5.43. The fraction of sp³-hybridized carbons (Fsp3) is 0.909. The van der Waals surface area contributed by atoms with Crippen molar-refractivity contribution in [2.75, 3.05) is 47.1 Å². The first-order valence-corrected chi connectivity index (χ1v) is 5.43. The molecule has 1 amide bonds. The molecule has 0 bridgehead atoms. The molecule has 0 saturated heterocycles. The highest BCUT2D eigenvalue weighted by molar-refractivity contribution is 5.77. The van der Waals surface area contributed by atoms with Gasteiger partial charge in [-0.25, -0.2) is 0 Å². The van der Waals surface area contributed by atoms with E-state index in [9.17, 15) is 4.79 Å². The Labute approximate surface area is 97.9 Å². The lowest BCUT2D eigenvalue weighted by Crippen LogP contribution is -2.41. The summed E-state index contributed by atoms with van der Waals surface area (Å²) in [6.07, 6.45) is 0. The summed E-state index contributed by atoms with van der Waals surface area (Å²) in [6.45, 7) is 6.29. The van der Waals surface area contributed by atoms with Crippen molar-refractivity contribution < 1.29 is 14.3 Å². The monoisotopic (exact) mass is 232 g/mol. The molecule has 16 heavy (non-hydrogen) atoms. The Bertz CT molecular complexity index is 207. The van der Waals surface area contributed by atoms with E-state index in [-0.39, 0.29) is 17.9 Å². The van der Waals surface area contributed by atoms with Crippen molar-refractivity contribution >= 4 is 5.91 Å². The van der Waals surface area contributed by atoms with Crippen molar-refractivity contribution in [1.82, 2.24) is 4.90 Å². The molecule has 0 aliphatic carbocycles. The number of hydrogen-bond donors (Lipinski definition) is 1. The van der Waals surface area contributed by atoms with Gasteiger partial charge in [-0.05, 0) is 12.0 Å². The van der Waals surface area contributed by atoms with E-state index in [1.54, 1.807) is 19.1 Å². The normalized spacial score (nSPS) is 11.6. The Kier molecular flexibility index (Phi) is 7.29. The molecule has 0 unspecified atom stereocenters. The van der Waals surface area contributed by atoms with Crippen LogP contribution in [0.3, 0.4) is 0 Å². The number of carbonyl (C=O) groups excluding carboxylic acids is 1. The molecule has 0 spiro atoms. The van der Waals surface area contributed by atoms with Gasteiger partial charge in [-0.2, -0.15) is 0 Å². The minimum Gasteiger partial charge on any atom is -0.382 e. The molecule has 0 radical (unpaired) electrons. The average Bonchev–Trinajstić information content (AvgIpc) is 2.23. The Morgan fingerprint density at radius 3 is 2.50 bits per heavy atom. The van der Waals surface area contributed by atoms with Crippen LogP contribution in [0.4, 0.5) is 0 Å². The molecule has 0 aromatic rings. The van der Waals surface area contributed by atoms with Crippen molar-refractivity contribution in [3.05, 3.63) is 0 Å². The van der Waals surface area contributed by atoms with Gasteiger partial charge in [-0.15, -0.1) is 0 Å². The molecule has 0 aliphatic rings. The van der Waals surface area contributed by atoms with Crippen molar-refractivity contribution in [2.24, 2.45) is 11.1 Å². The largest absolute Gasteiger partial charge is 0.382 e. The molecule has 0 aliphatic heterocycles. The molecular formula is C11H24N2O3. The van der Waals surface area contributed by atoms with Crippen molar-refractivity contribution in [3.8, 4) is 0 Å². The summed E-state index contributed by atoms with van der Waals surface area (Å²) >= 11 is 0. The summed E-state index contributed by atoms with van der Waals surface area (Å²) in [4.78, 5) is 13.3. The zero-order valence-corrected chi connectivity index (χ0v) is 10.8. The number of nitrogens with zero attached hydrogens (tertiary/aromatic N) is 1. The zero-order valence-electron chi connectivity index (χ0n) is 10.8. The van der Waals surface area contributed by atoms with E-state index in [1.165, 1.54) is 0 Å². The van der Waals surface area contributed by atoms with Gasteiger partial charge in [0, 0.05) is 20.7 Å². The average molecular weight is 232 g/mol. The molecule has 5 heteroatoms. The molecule has 2 N–H and O–H groups in total. The lowest BCUT2D eigenvalue weighted by molar-refractivity contribution is -0.136. The maximum absolute atomic E-state index is 11.6. The quantitative estimate of drug-likeness (QED) is 0.603. The number of methoxy groups -OCH3 is 1. The van der Waals surface area contributed by atoms with Crippen LogP contribution in [0.15, 0.2) is 0 Å². The van der Waals surface area contributed by atoms with Crippen LogP contribution in [0.2, 0.25) is 0 Å².